The largest absolute Gasteiger partial charge is 0.399 e. The molecular weight excluding hydrogens is 190 g/mol. The van der Waals surface area contributed by atoms with E-state index in [4.69, 9.17) is 5.73 Å². The average molecular weight is 207 g/mol. The molecule has 0 aromatic heterocycles. The van der Waals surface area contributed by atoms with Crippen LogP contribution < -0.4 is 11.1 Å². The number of hydrogen-bond acceptors (Lipinski definition) is 2. The van der Waals surface area contributed by atoms with Crippen molar-refractivity contribution >= 4 is 17.4 Å². The number of urea groups is 1. The highest BCUT2D eigenvalue weighted by atomic mass is 16.2. The molecule has 82 valence electrons. The van der Waals surface area contributed by atoms with Crippen LogP contribution in [0.5, 0.6) is 0 Å². The van der Waals surface area contributed by atoms with Crippen molar-refractivity contribution in [1.29, 1.82) is 0 Å². The summed E-state index contributed by atoms with van der Waals surface area (Å²) in [6, 6.07) is 7.02. The SMILES string of the molecule is CCN(CC)C(=O)Nc1ccc(N)cc1. The maximum Gasteiger partial charge on any atom is 0.321 e. The summed E-state index contributed by atoms with van der Waals surface area (Å²) in [6.07, 6.45) is 0. The molecule has 0 heterocycles. The molecular formula is C11H17N3O. The Labute approximate surface area is 90.1 Å². The van der Waals surface area contributed by atoms with Crippen LogP contribution in [-0.4, -0.2) is 24.0 Å². The Morgan fingerprint density at radius 3 is 2.27 bits per heavy atom. The van der Waals surface area contributed by atoms with Gasteiger partial charge in [-0.3, -0.25) is 0 Å². The van der Waals surface area contributed by atoms with Gasteiger partial charge in [-0.15, -0.1) is 0 Å². The van der Waals surface area contributed by atoms with Gasteiger partial charge in [0.1, 0.15) is 0 Å². The fourth-order valence-corrected chi connectivity index (χ4v) is 1.28. The first kappa shape index (κ1) is 11.4. The number of amides is 2. The Hall–Kier alpha value is -1.71. The van der Waals surface area contributed by atoms with Crippen molar-refractivity contribution in [3.05, 3.63) is 24.3 Å². The maximum atomic E-state index is 11.6. The van der Waals surface area contributed by atoms with Crippen LogP contribution in [0.15, 0.2) is 24.3 Å². The third-order valence-electron chi connectivity index (χ3n) is 2.21. The van der Waals surface area contributed by atoms with E-state index in [0.29, 0.717) is 18.8 Å². The molecule has 0 radical (unpaired) electrons. The van der Waals surface area contributed by atoms with Gasteiger partial charge in [0, 0.05) is 24.5 Å². The first-order valence-electron chi connectivity index (χ1n) is 5.08. The number of nitrogen functional groups attached to an aromatic ring is 1. The number of nitrogens with zero attached hydrogens (tertiary/aromatic N) is 1. The first-order valence-corrected chi connectivity index (χ1v) is 5.08. The quantitative estimate of drug-likeness (QED) is 0.746. The van der Waals surface area contributed by atoms with Crippen molar-refractivity contribution in [3.8, 4) is 0 Å². The van der Waals surface area contributed by atoms with Crippen LogP contribution in [0, 0.1) is 0 Å². The van der Waals surface area contributed by atoms with Gasteiger partial charge >= 0.3 is 6.03 Å². The molecule has 3 N–H and O–H groups in total. The van der Waals surface area contributed by atoms with Gasteiger partial charge in [-0.1, -0.05) is 0 Å². The summed E-state index contributed by atoms with van der Waals surface area (Å²) in [5, 5.41) is 2.80. The average Bonchev–Trinajstić information content (AvgIpc) is 2.23. The van der Waals surface area contributed by atoms with Crippen molar-refractivity contribution in [2.75, 3.05) is 24.1 Å². The lowest BCUT2D eigenvalue weighted by atomic mass is 10.3. The maximum absolute atomic E-state index is 11.6. The van der Waals surface area contributed by atoms with Gasteiger partial charge < -0.3 is 16.0 Å². The van der Waals surface area contributed by atoms with Crippen LogP contribution in [-0.2, 0) is 0 Å². The van der Waals surface area contributed by atoms with E-state index >= 15 is 0 Å². The van der Waals surface area contributed by atoms with Crippen LogP contribution in [0.4, 0.5) is 16.2 Å². The van der Waals surface area contributed by atoms with Crippen molar-refractivity contribution in [2.24, 2.45) is 0 Å². The van der Waals surface area contributed by atoms with E-state index in [1.54, 1.807) is 29.2 Å². The van der Waals surface area contributed by atoms with Gasteiger partial charge in [0.2, 0.25) is 0 Å². The number of nitrogens with one attached hydrogen (secondary N) is 1. The summed E-state index contributed by atoms with van der Waals surface area (Å²) >= 11 is 0. The van der Waals surface area contributed by atoms with Crippen LogP contribution in [0.25, 0.3) is 0 Å². The summed E-state index contributed by atoms with van der Waals surface area (Å²) < 4.78 is 0. The molecule has 4 nitrogen and oxygen atoms in total. The molecule has 0 aliphatic heterocycles. The summed E-state index contributed by atoms with van der Waals surface area (Å²) in [7, 11) is 0. The Morgan fingerprint density at radius 2 is 1.80 bits per heavy atom. The summed E-state index contributed by atoms with van der Waals surface area (Å²) in [5.74, 6) is 0. The second kappa shape index (κ2) is 5.24. The lowest BCUT2D eigenvalue weighted by Crippen LogP contribution is -2.34. The normalized spacial score (nSPS) is 9.73. The van der Waals surface area contributed by atoms with E-state index < -0.39 is 0 Å². The summed E-state index contributed by atoms with van der Waals surface area (Å²) in [6.45, 7) is 5.31. The molecule has 0 fully saturated rings. The zero-order chi connectivity index (χ0) is 11.3. The van der Waals surface area contributed by atoms with Gasteiger partial charge in [0.15, 0.2) is 0 Å². The molecule has 1 aromatic carbocycles. The second-order valence-electron chi connectivity index (χ2n) is 3.22. The lowest BCUT2D eigenvalue weighted by molar-refractivity contribution is 0.217. The molecule has 0 bridgehead atoms. The summed E-state index contributed by atoms with van der Waals surface area (Å²) in [4.78, 5) is 13.4. The predicted molar refractivity (Wildman–Crippen MR) is 62.8 cm³/mol. The number of carbonyl (C=O) groups is 1. The number of rotatable bonds is 3. The standard InChI is InChI=1S/C11H17N3O/c1-3-14(4-2)11(15)13-10-7-5-9(12)6-8-10/h5-8H,3-4,12H2,1-2H3,(H,13,15). The van der Waals surface area contributed by atoms with E-state index in [2.05, 4.69) is 5.32 Å². The monoisotopic (exact) mass is 207 g/mol. The molecule has 0 saturated carbocycles. The van der Waals surface area contributed by atoms with Gasteiger partial charge in [-0.25, -0.2) is 4.79 Å². The zero-order valence-electron chi connectivity index (χ0n) is 9.16. The van der Waals surface area contributed by atoms with E-state index in [0.717, 1.165) is 5.69 Å². The smallest absolute Gasteiger partial charge is 0.321 e. The van der Waals surface area contributed by atoms with Crippen molar-refractivity contribution in [1.82, 2.24) is 4.90 Å². The molecule has 0 atom stereocenters. The highest BCUT2D eigenvalue weighted by Gasteiger charge is 2.08. The third kappa shape index (κ3) is 3.16. The Balaban J connectivity index is 2.61. The number of hydrogen-bond donors (Lipinski definition) is 2. The highest BCUT2D eigenvalue weighted by Crippen LogP contribution is 2.11. The highest BCUT2D eigenvalue weighted by molar-refractivity contribution is 5.89. The predicted octanol–water partition coefficient (Wildman–Crippen LogP) is 2.14. The summed E-state index contributed by atoms with van der Waals surface area (Å²) in [5.41, 5.74) is 7.00. The van der Waals surface area contributed by atoms with E-state index in [1.807, 2.05) is 13.8 Å². The fourth-order valence-electron chi connectivity index (χ4n) is 1.28. The molecule has 4 heteroatoms. The van der Waals surface area contributed by atoms with Crippen LogP contribution in [0.3, 0.4) is 0 Å². The second-order valence-corrected chi connectivity index (χ2v) is 3.22. The van der Waals surface area contributed by atoms with E-state index in [-0.39, 0.29) is 6.03 Å². The molecule has 2 amide bonds. The van der Waals surface area contributed by atoms with Gasteiger partial charge in [-0.05, 0) is 38.1 Å². The van der Waals surface area contributed by atoms with Crippen LogP contribution >= 0.6 is 0 Å². The third-order valence-corrected chi connectivity index (χ3v) is 2.21. The van der Waals surface area contributed by atoms with Gasteiger partial charge in [0.25, 0.3) is 0 Å². The van der Waals surface area contributed by atoms with Crippen LogP contribution in [0.2, 0.25) is 0 Å². The molecule has 0 aliphatic carbocycles. The Bertz CT molecular complexity index is 317. The minimum absolute atomic E-state index is 0.0789. The molecule has 1 rings (SSSR count). The molecule has 0 saturated heterocycles. The van der Waals surface area contributed by atoms with Gasteiger partial charge in [-0.2, -0.15) is 0 Å². The van der Waals surface area contributed by atoms with Crippen LogP contribution in [0.1, 0.15) is 13.8 Å². The number of nitrogens with two attached hydrogens (primary N) is 1. The number of anilines is 2. The van der Waals surface area contributed by atoms with Crippen molar-refractivity contribution < 1.29 is 4.79 Å². The first-order chi connectivity index (χ1) is 7.17. The molecule has 0 aliphatic rings. The molecule has 1 aromatic rings. The molecule has 0 spiro atoms. The van der Waals surface area contributed by atoms with E-state index in [9.17, 15) is 4.79 Å². The lowest BCUT2D eigenvalue weighted by Gasteiger charge is -2.19. The van der Waals surface area contributed by atoms with Crippen molar-refractivity contribution in [2.45, 2.75) is 13.8 Å². The Kier molecular flexibility index (Phi) is 3.97. The molecule has 0 unspecified atom stereocenters. The minimum atomic E-state index is -0.0789. The Morgan fingerprint density at radius 1 is 1.27 bits per heavy atom. The number of benzene rings is 1. The fraction of sp³-hybridized carbons (Fsp3) is 0.364. The zero-order valence-corrected chi connectivity index (χ0v) is 9.16. The number of carbonyl (C=O) groups excluding carboxylic acids is 1. The molecule has 15 heavy (non-hydrogen) atoms. The van der Waals surface area contributed by atoms with Crippen molar-refractivity contribution in [3.63, 3.8) is 0 Å². The van der Waals surface area contributed by atoms with Gasteiger partial charge in [0.05, 0.1) is 0 Å². The minimum Gasteiger partial charge on any atom is -0.399 e. The van der Waals surface area contributed by atoms with E-state index in [1.165, 1.54) is 0 Å². The topological polar surface area (TPSA) is 58.4 Å².